The van der Waals surface area contributed by atoms with E-state index in [0.717, 1.165) is 32.2 Å². The molecule has 2 unspecified atom stereocenters. The second-order valence-electron chi connectivity index (χ2n) is 4.39. The van der Waals surface area contributed by atoms with Crippen LogP contribution in [0.3, 0.4) is 0 Å². The van der Waals surface area contributed by atoms with E-state index in [1.807, 2.05) is 4.90 Å². The molecule has 2 atom stereocenters. The average molecular weight is 179 g/mol. The smallest absolute Gasteiger partial charge is 0.223 e. The highest BCUT2D eigenvalue weighted by atomic mass is 16.2. The summed E-state index contributed by atoms with van der Waals surface area (Å²) in [6, 6.07) is 0.506. The summed E-state index contributed by atoms with van der Waals surface area (Å²) in [4.78, 5) is 13.6. The third-order valence-electron chi connectivity index (χ3n) is 3.38. The molecule has 0 aliphatic carbocycles. The van der Waals surface area contributed by atoms with Crippen molar-refractivity contribution in [3.8, 4) is 0 Å². The molecule has 1 amide bonds. The lowest BCUT2D eigenvalue weighted by Crippen LogP contribution is -2.50. The van der Waals surface area contributed by atoms with Crippen LogP contribution in [0.2, 0.25) is 0 Å². The first kappa shape index (κ1) is 8.79. The first-order valence-electron chi connectivity index (χ1n) is 5.14. The van der Waals surface area contributed by atoms with Crippen molar-refractivity contribution >= 4 is 5.91 Å². The van der Waals surface area contributed by atoms with E-state index in [1.54, 1.807) is 0 Å². The third-order valence-corrected chi connectivity index (χ3v) is 3.38. The fourth-order valence-electron chi connectivity index (χ4n) is 2.50. The van der Waals surface area contributed by atoms with E-state index in [4.69, 9.17) is 0 Å². The Hall–Kier alpha value is -0.790. The van der Waals surface area contributed by atoms with Gasteiger partial charge in [-0.2, -0.15) is 0 Å². The zero-order valence-corrected chi connectivity index (χ0v) is 8.25. The second-order valence-corrected chi connectivity index (χ2v) is 4.39. The molecule has 2 nitrogen and oxygen atoms in total. The molecule has 0 saturated carbocycles. The van der Waals surface area contributed by atoms with Crippen molar-refractivity contribution in [2.45, 2.75) is 38.6 Å². The maximum absolute atomic E-state index is 11.6. The molecule has 0 spiro atoms. The van der Waals surface area contributed by atoms with Crippen molar-refractivity contribution in [1.82, 2.24) is 4.90 Å². The Morgan fingerprint density at radius 1 is 1.38 bits per heavy atom. The summed E-state index contributed by atoms with van der Waals surface area (Å²) >= 11 is 0. The molecule has 0 aromatic heterocycles. The van der Waals surface area contributed by atoms with Gasteiger partial charge in [0.25, 0.3) is 0 Å². The van der Waals surface area contributed by atoms with Gasteiger partial charge in [-0.3, -0.25) is 4.79 Å². The summed E-state index contributed by atoms with van der Waals surface area (Å²) in [5, 5.41) is 0. The zero-order valence-electron chi connectivity index (χ0n) is 8.25. The molecule has 0 bridgehead atoms. The van der Waals surface area contributed by atoms with Gasteiger partial charge in [-0.05, 0) is 25.2 Å². The molecule has 2 heterocycles. The molecule has 13 heavy (non-hydrogen) atoms. The Balaban J connectivity index is 2.15. The Morgan fingerprint density at radius 2 is 2.15 bits per heavy atom. The van der Waals surface area contributed by atoms with Crippen LogP contribution in [-0.2, 0) is 4.79 Å². The Bertz CT molecular complexity index is 246. The first-order chi connectivity index (χ1) is 6.18. The number of hydrogen-bond acceptors (Lipinski definition) is 1. The van der Waals surface area contributed by atoms with E-state index in [-0.39, 0.29) is 0 Å². The van der Waals surface area contributed by atoms with Gasteiger partial charge >= 0.3 is 0 Å². The number of amides is 1. The standard InChI is InChI=1S/C11H17NO/c1-8-3-5-10-9(2)4-6-11(13)12(10)7-8/h9-10H,1,3-7H2,2H3. The lowest BCUT2D eigenvalue weighted by atomic mass is 9.83. The van der Waals surface area contributed by atoms with Crippen LogP contribution in [0.1, 0.15) is 32.6 Å². The summed E-state index contributed by atoms with van der Waals surface area (Å²) in [7, 11) is 0. The summed E-state index contributed by atoms with van der Waals surface area (Å²) < 4.78 is 0. The number of carbonyl (C=O) groups excluding carboxylic acids is 1. The van der Waals surface area contributed by atoms with Gasteiger partial charge in [-0.25, -0.2) is 0 Å². The Labute approximate surface area is 79.6 Å². The van der Waals surface area contributed by atoms with Crippen LogP contribution in [0, 0.1) is 5.92 Å². The molecule has 2 saturated heterocycles. The number of piperidine rings is 2. The van der Waals surface area contributed by atoms with Gasteiger partial charge in [0.1, 0.15) is 0 Å². The third kappa shape index (κ3) is 1.50. The van der Waals surface area contributed by atoms with Crippen molar-refractivity contribution in [2.24, 2.45) is 5.92 Å². The lowest BCUT2D eigenvalue weighted by Gasteiger charge is -2.43. The summed E-state index contributed by atoms with van der Waals surface area (Å²) in [6.07, 6.45) is 4.06. The van der Waals surface area contributed by atoms with Crippen LogP contribution in [0.15, 0.2) is 12.2 Å². The van der Waals surface area contributed by atoms with E-state index in [0.29, 0.717) is 17.9 Å². The van der Waals surface area contributed by atoms with E-state index >= 15 is 0 Å². The lowest BCUT2D eigenvalue weighted by molar-refractivity contribution is -0.139. The van der Waals surface area contributed by atoms with Gasteiger partial charge in [0.05, 0.1) is 0 Å². The fourth-order valence-corrected chi connectivity index (χ4v) is 2.50. The topological polar surface area (TPSA) is 20.3 Å². The van der Waals surface area contributed by atoms with E-state index < -0.39 is 0 Å². The van der Waals surface area contributed by atoms with Crippen molar-refractivity contribution in [2.75, 3.05) is 6.54 Å². The Kier molecular flexibility index (Phi) is 2.14. The van der Waals surface area contributed by atoms with Gasteiger partial charge in [0.15, 0.2) is 0 Å². The summed E-state index contributed by atoms with van der Waals surface area (Å²) in [5.41, 5.74) is 1.22. The summed E-state index contributed by atoms with van der Waals surface area (Å²) in [6.45, 7) is 7.05. The highest BCUT2D eigenvalue weighted by molar-refractivity contribution is 5.77. The number of nitrogens with zero attached hydrogens (tertiary/aromatic N) is 1. The molecule has 0 aromatic carbocycles. The van der Waals surface area contributed by atoms with Crippen LogP contribution in [0.4, 0.5) is 0 Å². The minimum atomic E-state index is 0.337. The molecule has 2 rings (SSSR count). The minimum absolute atomic E-state index is 0.337. The van der Waals surface area contributed by atoms with E-state index in [1.165, 1.54) is 5.57 Å². The van der Waals surface area contributed by atoms with Crippen molar-refractivity contribution < 1.29 is 4.79 Å². The Morgan fingerprint density at radius 3 is 2.92 bits per heavy atom. The summed E-state index contributed by atoms with van der Waals surface area (Å²) in [5.74, 6) is 1.02. The van der Waals surface area contributed by atoms with Gasteiger partial charge in [-0.1, -0.05) is 19.1 Å². The minimum Gasteiger partial charge on any atom is -0.335 e. The monoisotopic (exact) mass is 179 g/mol. The van der Waals surface area contributed by atoms with Crippen LogP contribution < -0.4 is 0 Å². The molecule has 2 fully saturated rings. The quantitative estimate of drug-likeness (QED) is 0.520. The molecule has 72 valence electrons. The molecule has 0 N–H and O–H groups in total. The number of hydrogen-bond donors (Lipinski definition) is 0. The van der Waals surface area contributed by atoms with Crippen molar-refractivity contribution in [1.29, 1.82) is 0 Å². The maximum Gasteiger partial charge on any atom is 0.223 e. The molecule has 2 heteroatoms. The van der Waals surface area contributed by atoms with Gasteiger partial charge < -0.3 is 4.90 Å². The van der Waals surface area contributed by atoms with Crippen LogP contribution >= 0.6 is 0 Å². The zero-order chi connectivity index (χ0) is 9.42. The molecule has 0 radical (unpaired) electrons. The maximum atomic E-state index is 11.6. The molecule has 2 aliphatic heterocycles. The van der Waals surface area contributed by atoms with Crippen LogP contribution in [0.25, 0.3) is 0 Å². The molecule has 0 aromatic rings. The van der Waals surface area contributed by atoms with E-state index in [2.05, 4.69) is 13.5 Å². The number of carbonyl (C=O) groups is 1. The molecular formula is C11H17NO. The van der Waals surface area contributed by atoms with Crippen LogP contribution in [-0.4, -0.2) is 23.4 Å². The van der Waals surface area contributed by atoms with Gasteiger partial charge in [0, 0.05) is 19.0 Å². The predicted octanol–water partition coefficient (Wildman–Crippen LogP) is 1.96. The molecular weight excluding hydrogens is 162 g/mol. The largest absolute Gasteiger partial charge is 0.335 e. The highest BCUT2D eigenvalue weighted by Crippen LogP contribution is 2.32. The molecule has 2 aliphatic rings. The highest BCUT2D eigenvalue weighted by Gasteiger charge is 2.35. The average Bonchev–Trinajstić information content (AvgIpc) is 2.12. The van der Waals surface area contributed by atoms with Crippen LogP contribution in [0.5, 0.6) is 0 Å². The van der Waals surface area contributed by atoms with Crippen molar-refractivity contribution in [3.05, 3.63) is 12.2 Å². The van der Waals surface area contributed by atoms with Gasteiger partial charge in [-0.15, -0.1) is 0 Å². The fraction of sp³-hybridized carbons (Fsp3) is 0.727. The first-order valence-corrected chi connectivity index (χ1v) is 5.14. The van der Waals surface area contributed by atoms with Gasteiger partial charge in [0.2, 0.25) is 5.91 Å². The SMILES string of the molecule is C=C1CCC2C(C)CCC(=O)N2C1. The predicted molar refractivity (Wildman–Crippen MR) is 52.3 cm³/mol. The number of rotatable bonds is 0. The van der Waals surface area contributed by atoms with E-state index in [9.17, 15) is 4.79 Å². The second kappa shape index (κ2) is 3.17. The van der Waals surface area contributed by atoms with Crippen molar-refractivity contribution in [3.63, 3.8) is 0 Å². The number of fused-ring (bicyclic) bond motifs is 1. The normalized spacial score (nSPS) is 34.7.